The van der Waals surface area contributed by atoms with Crippen molar-refractivity contribution in [1.29, 1.82) is 0 Å². The molecule has 3 aromatic rings. The average molecular weight is 552 g/mol. The van der Waals surface area contributed by atoms with Crippen LogP contribution in [-0.2, 0) is 26.2 Å². The number of carbonyl (C=O) groups excluding carboxylic acids is 2. The van der Waals surface area contributed by atoms with Crippen molar-refractivity contribution in [3.05, 3.63) is 89.5 Å². The van der Waals surface area contributed by atoms with Gasteiger partial charge in [0.05, 0.1) is 17.7 Å². The molecule has 0 saturated carbocycles. The largest absolute Gasteiger partial charge is 0.497 e. The Labute approximate surface area is 231 Å². The fraction of sp³-hybridized carbons (Fsp3) is 0.333. The van der Waals surface area contributed by atoms with Gasteiger partial charge in [0.25, 0.3) is 10.0 Å². The lowest BCUT2D eigenvalue weighted by atomic mass is 10.0. The molecule has 9 heteroatoms. The van der Waals surface area contributed by atoms with E-state index in [1.165, 1.54) is 24.1 Å². The normalized spacial score (nSPS) is 12.1. The van der Waals surface area contributed by atoms with Gasteiger partial charge in [-0.15, -0.1) is 0 Å². The van der Waals surface area contributed by atoms with E-state index in [9.17, 15) is 18.0 Å². The SMILES string of the molecule is CNC(=O)C(C)N(Cc1cccc(OC)c1)C(=O)CN(c1ccc(C(C)C)cc1)S(=O)(=O)c1ccc(C)cc1. The minimum atomic E-state index is -4.10. The zero-order chi connectivity index (χ0) is 28.7. The van der Waals surface area contributed by atoms with E-state index in [0.29, 0.717) is 11.4 Å². The van der Waals surface area contributed by atoms with E-state index >= 15 is 0 Å². The summed E-state index contributed by atoms with van der Waals surface area (Å²) in [6.45, 7) is 7.20. The van der Waals surface area contributed by atoms with Crippen molar-refractivity contribution in [2.75, 3.05) is 25.0 Å². The number of nitrogens with zero attached hydrogens (tertiary/aromatic N) is 2. The van der Waals surface area contributed by atoms with E-state index in [1.807, 2.05) is 25.1 Å². The molecule has 2 amide bonds. The smallest absolute Gasteiger partial charge is 0.264 e. The van der Waals surface area contributed by atoms with Crippen LogP contribution in [0, 0.1) is 6.92 Å². The number of ether oxygens (including phenoxy) is 1. The highest BCUT2D eigenvalue weighted by Gasteiger charge is 2.32. The molecule has 208 valence electrons. The van der Waals surface area contributed by atoms with E-state index in [-0.39, 0.29) is 23.3 Å². The molecular weight excluding hydrogens is 514 g/mol. The second-order valence-electron chi connectivity index (χ2n) is 9.73. The average Bonchev–Trinajstić information content (AvgIpc) is 2.94. The quantitative estimate of drug-likeness (QED) is 0.379. The van der Waals surface area contributed by atoms with Gasteiger partial charge in [-0.25, -0.2) is 8.42 Å². The first kappa shape index (κ1) is 29.7. The predicted octanol–water partition coefficient (Wildman–Crippen LogP) is 4.49. The van der Waals surface area contributed by atoms with Crippen molar-refractivity contribution in [1.82, 2.24) is 10.2 Å². The van der Waals surface area contributed by atoms with E-state index in [1.54, 1.807) is 56.5 Å². The van der Waals surface area contributed by atoms with Gasteiger partial charge in [0.15, 0.2) is 0 Å². The number of hydrogen-bond acceptors (Lipinski definition) is 5. The summed E-state index contributed by atoms with van der Waals surface area (Å²) in [5.41, 5.74) is 3.07. The highest BCUT2D eigenvalue weighted by molar-refractivity contribution is 7.92. The molecule has 0 bridgehead atoms. The number of methoxy groups -OCH3 is 1. The number of likely N-dealkylation sites (N-methyl/N-ethyl adjacent to an activating group) is 1. The lowest BCUT2D eigenvalue weighted by molar-refractivity contribution is -0.139. The van der Waals surface area contributed by atoms with Crippen LogP contribution in [0.1, 0.15) is 43.4 Å². The Morgan fingerprint density at radius 1 is 0.949 bits per heavy atom. The van der Waals surface area contributed by atoms with E-state index in [2.05, 4.69) is 19.2 Å². The van der Waals surface area contributed by atoms with Gasteiger partial charge >= 0.3 is 0 Å². The first-order valence-corrected chi connectivity index (χ1v) is 14.2. The number of hydrogen-bond donors (Lipinski definition) is 1. The molecule has 3 rings (SSSR count). The van der Waals surface area contributed by atoms with Gasteiger partial charge in [0.1, 0.15) is 18.3 Å². The molecule has 39 heavy (non-hydrogen) atoms. The molecule has 0 saturated heterocycles. The Morgan fingerprint density at radius 3 is 2.15 bits per heavy atom. The maximum atomic E-state index is 13.9. The summed E-state index contributed by atoms with van der Waals surface area (Å²) in [6, 6.07) is 20.0. The van der Waals surface area contributed by atoms with Crippen LogP contribution in [-0.4, -0.2) is 51.9 Å². The van der Waals surface area contributed by atoms with Crippen LogP contribution in [0.3, 0.4) is 0 Å². The fourth-order valence-corrected chi connectivity index (χ4v) is 5.56. The van der Waals surface area contributed by atoms with Gasteiger partial charge in [-0.05, 0) is 67.3 Å². The number of nitrogens with one attached hydrogen (secondary N) is 1. The first-order chi connectivity index (χ1) is 18.5. The summed E-state index contributed by atoms with van der Waals surface area (Å²) in [5, 5.41) is 2.58. The summed E-state index contributed by atoms with van der Waals surface area (Å²) in [6.07, 6.45) is 0. The number of rotatable bonds is 11. The Balaban J connectivity index is 2.04. The lowest BCUT2D eigenvalue weighted by Gasteiger charge is -2.32. The molecule has 0 aliphatic rings. The predicted molar refractivity (Wildman–Crippen MR) is 153 cm³/mol. The monoisotopic (exact) mass is 551 g/mol. The molecule has 0 aromatic heterocycles. The van der Waals surface area contributed by atoms with Gasteiger partial charge in [-0.3, -0.25) is 13.9 Å². The number of amides is 2. The molecule has 0 aliphatic carbocycles. The van der Waals surface area contributed by atoms with Crippen LogP contribution in [0.2, 0.25) is 0 Å². The third-order valence-electron chi connectivity index (χ3n) is 6.64. The molecule has 0 heterocycles. The number of sulfonamides is 1. The molecular formula is C30H37N3O5S. The molecule has 0 aliphatic heterocycles. The molecule has 0 fully saturated rings. The third-order valence-corrected chi connectivity index (χ3v) is 8.42. The summed E-state index contributed by atoms with van der Waals surface area (Å²) in [5.74, 6) is -0.00562. The first-order valence-electron chi connectivity index (χ1n) is 12.8. The Morgan fingerprint density at radius 2 is 1.59 bits per heavy atom. The number of benzene rings is 3. The number of aryl methyl sites for hydroxylation is 1. The minimum absolute atomic E-state index is 0.0764. The van der Waals surface area contributed by atoms with Crippen molar-refractivity contribution in [3.63, 3.8) is 0 Å². The molecule has 8 nitrogen and oxygen atoms in total. The van der Waals surface area contributed by atoms with Crippen LogP contribution in [0.15, 0.2) is 77.7 Å². The van der Waals surface area contributed by atoms with Crippen molar-refractivity contribution in [2.24, 2.45) is 0 Å². The van der Waals surface area contributed by atoms with E-state index < -0.39 is 28.5 Å². The zero-order valence-corrected chi connectivity index (χ0v) is 24.2. The molecule has 0 radical (unpaired) electrons. The van der Waals surface area contributed by atoms with E-state index in [4.69, 9.17) is 4.74 Å². The van der Waals surface area contributed by atoms with Gasteiger partial charge in [0.2, 0.25) is 11.8 Å². The zero-order valence-electron chi connectivity index (χ0n) is 23.3. The maximum absolute atomic E-state index is 13.9. The standard InChI is InChI=1S/C30H37N3O5S/c1-21(2)25-12-14-26(15-13-25)33(39(36,37)28-16-10-22(3)11-17-28)20-29(34)32(23(4)30(35)31-5)19-24-8-7-9-27(18-24)38-6/h7-18,21,23H,19-20H2,1-6H3,(H,31,35). The fourth-order valence-electron chi connectivity index (χ4n) is 4.15. The van der Waals surface area contributed by atoms with Crippen molar-refractivity contribution in [3.8, 4) is 5.75 Å². The minimum Gasteiger partial charge on any atom is -0.497 e. The molecule has 1 N–H and O–H groups in total. The van der Waals surface area contributed by atoms with Gasteiger partial charge < -0.3 is 15.0 Å². The topological polar surface area (TPSA) is 96.0 Å². The Bertz CT molecular complexity index is 1390. The number of anilines is 1. The molecule has 0 spiro atoms. The van der Waals surface area contributed by atoms with Crippen molar-refractivity contribution >= 4 is 27.5 Å². The van der Waals surface area contributed by atoms with Crippen LogP contribution < -0.4 is 14.4 Å². The van der Waals surface area contributed by atoms with Crippen LogP contribution in [0.4, 0.5) is 5.69 Å². The summed E-state index contributed by atoms with van der Waals surface area (Å²) < 4.78 is 34.2. The summed E-state index contributed by atoms with van der Waals surface area (Å²) in [4.78, 5) is 27.9. The van der Waals surface area contributed by atoms with Crippen LogP contribution in [0.25, 0.3) is 0 Å². The molecule has 3 aromatic carbocycles. The lowest BCUT2D eigenvalue weighted by Crippen LogP contribution is -2.50. The summed E-state index contributed by atoms with van der Waals surface area (Å²) >= 11 is 0. The Kier molecular flexibility index (Phi) is 9.75. The maximum Gasteiger partial charge on any atom is 0.264 e. The highest BCUT2D eigenvalue weighted by Crippen LogP contribution is 2.27. The van der Waals surface area contributed by atoms with Gasteiger partial charge in [-0.1, -0.05) is 55.8 Å². The Hall–Kier alpha value is -3.85. The second-order valence-corrected chi connectivity index (χ2v) is 11.6. The molecule has 1 atom stereocenters. The third kappa shape index (κ3) is 7.17. The highest BCUT2D eigenvalue weighted by atomic mass is 32.2. The summed E-state index contributed by atoms with van der Waals surface area (Å²) in [7, 11) is -1.06. The number of carbonyl (C=O) groups is 2. The second kappa shape index (κ2) is 12.8. The van der Waals surface area contributed by atoms with Crippen molar-refractivity contribution < 1.29 is 22.7 Å². The van der Waals surface area contributed by atoms with Crippen LogP contribution >= 0.6 is 0 Å². The van der Waals surface area contributed by atoms with E-state index in [0.717, 1.165) is 21.0 Å². The van der Waals surface area contributed by atoms with Gasteiger partial charge in [-0.2, -0.15) is 0 Å². The molecule has 1 unspecified atom stereocenters. The van der Waals surface area contributed by atoms with Gasteiger partial charge in [0, 0.05) is 13.6 Å². The van der Waals surface area contributed by atoms with Crippen molar-refractivity contribution in [2.45, 2.75) is 51.1 Å². The van der Waals surface area contributed by atoms with Crippen LogP contribution in [0.5, 0.6) is 5.75 Å².